The van der Waals surface area contributed by atoms with Crippen LogP contribution in [0, 0.1) is 11.7 Å². The molecule has 2 rings (SSSR count). The number of anilines is 2. The molecular formula is C12H17FN2O. The molecule has 2 unspecified atom stereocenters. The van der Waals surface area contributed by atoms with Crippen molar-refractivity contribution >= 4 is 11.4 Å². The smallest absolute Gasteiger partial charge is 0.125 e. The summed E-state index contributed by atoms with van der Waals surface area (Å²) in [6, 6.07) is 4.46. The van der Waals surface area contributed by atoms with E-state index in [1.165, 1.54) is 12.1 Å². The van der Waals surface area contributed by atoms with E-state index in [-0.39, 0.29) is 17.8 Å². The number of aliphatic hydroxyl groups excluding tert-OH is 1. The Balaban J connectivity index is 2.14. The molecule has 2 atom stereocenters. The molecule has 1 saturated heterocycles. The lowest BCUT2D eigenvalue weighted by molar-refractivity contribution is 0.136. The first kappa shape index (κ1) is 11.2. The maximum Gasteiger partial charge on any atom is 0.125 e. The predicted octanol–water partition coefficient (Wildman–Crippen LogP) is 1.61. The molecule has 3 nitrogen and oxygen atoms in total. The number of halogens is 1. The number of nitrogen functional groups attached to an aromatic ring is 1. The zero-order chi connectivity index (χ0) is 11.7. The molecule has 1 aromatic carbocycles. The van der Waals surface area contributed by atoms with Gasteiger partial charge in [-0.15, -0.1) is 0 Å². The highest BCUT2D eigenvalue weighted by Gasteiger charge is 2.26. The van der Waals surface area contributed by atoms with E-state index in [1.54, 1.807) is 6.07 Å². The largest absolute Gasteiger partial charge is 0.397 e. The second-order valence-electron chi connectivity index (χ2n) is 4.44. The lowest BCUT2D eigenvalue weighted by atomic mass is 10.0. The van der Waals surface area contributed by atoms with E-state index < -0.39 is 0 Å². The molecule has 88 valence electrons. The van der Waals surface area contributed by atoms with Gasteiger partial charge in [-0.05, 0) is 31.5 Å². The molecule has 0 aliphatic carbocycles. The zero-order valence-electron chi connectivity index (χ0n) is 9.36. The van der Waals surface area contributed by atoms with Gasteiger partial charge in [0.05, 0.1) is 17.5 Å². The summed E-state index contributed by atoms with van der Waals surface area (Å²) in [5.74, 6) is -0.0306. The number of nitrogens with two attached hydrogens (primary N) is 1. The molecule has 0 saturated carbocycles. The molecule has 4 heteroatoms. The monoisotopic (exact) mass is 224 g/mol. The number of hydrogen-bond donors (Lipinski definition) is 2. The Labute approximate surface area is 94.7 Å². The van der Waals surface area contributed by atoms with Crippen LogP contribution in [0.4, 0.5) is 15.8 Å². The molecule has 0 aromatic heterocycles. The lowest BCUT2D eigenvalue weighted by Gasteiger charge is -2.21. The first-order chi connectivity index (χ1) is 7.58. The SMILES string of the molecule is CC(O)C1CCN(c2ccc(F)cc2N)C1. The van der Waals surface area contributed by atoms with Crippen LogP contribution in [-0.2, 0) is 0 Å². The van der Waals surface area contributed by atoms with Crippen LogP contribution in [0.3, 0.4) is 0 Å². The second kappa shape index (κ2) is 4.29. The van der Waals surface area contributed by atoms with Crippen molar-refractivity contribution in [2.75, 3.05) is 23.7 Å². The Kier molecular flexibility index (Phi) is 3.01. The molecule has 1 aromatic rings. The van der Waals surface area contributed by atoms with E-state index in [4.69, 9.17) is 5.73 Å². The van der Waals surface area contributed by atoms with Crippen molar-refractivity contribution in [3.63, 3.8) is 0 Å². The second-order valence-corrected chi connectivity index (χ2v) is 4.44. The van der Waals surface area contributed by atoms with Crippen LogP contribution in [0.15, 0.2) is 18.2 Å². The van der Waals surface area contributed by atoms with E-state index >= 15 is 0 Å². The van der Waals surface area contributed by atoms with E-state index in [2.05, 4.69) is 4.90 Å². The van der Waals surface area contributed by atoms with Crippen LogP contribution in [0.2, 0.25) is 0 Å². The molecule has 3 N–H and O–H groups in total. The topological polar surface area (TPSA) is 49.5 Å². The highest BCUT2D eigenvalue weighted by atomic mass is 19.1. The number of rotatable bonds is 2. The summed E-state index contributed by atoms with van der Waals surface area (Å²) < 4.78 is 12.9. The Morgan fingerprint density at radius 1 is 1.56 bits per heavy atom. The highest BCUT2D eigenvalue weighted by molar-refractivity contribution is 5.67. The van der Waals surface area contributed by atoms with Gasteiger partial charge >= 0.3 is 0 Å². The number of nitrogens with zero attached hydrogens (tertiary/aromatic N) is 1. The van der Waals surface area contributed by atoms with E-state index in [0.29, 0.717) is 5.69 Å². The van der Waals surface area contributed by atoms with Crippen molar-refractivity contribution < 1.29 is 9.50 Å². The van der Waals surface area contributed by atoms with Crippen molar-refractivity contribution in [1.29, 1.82) is 0 Å². The minimum absolute atomic E-state index is 0.282. The molecule has 1 aliphatic rings. The van der Waals surface area contributed by atoms with Gasteiger partial charge in [0.15, 0.2) is 0 Å². The molecule has 1 heterocycles. The summed E-state index contributed by atoms with van der Waals surface area (Å²) in [5.41, 5.74) is 7.11. The zero-order valence-corrected chi connectivity index (χ0v) is 9.36. The normalized spacial score (nSPS) is 22.4. The van der Waals surface area contributed by atoms with Gasteiger partial charge in [-0.25, -0.2) is 4.39 Å². The Hall–Kier alpha value is -1.29. The highest BCUT2D eigenvalue weighted by Crippen LogP contribution is 2.30. The quantitative estimate of drug-likeness (QED) is 0.750. The Morgan fingerprint density at radius 3 is 2.88 bits per heavy atom. The minimum atomic E-state index is -0.312. The van der Waals surface area contributed by atoms with Crippen molar-refractivity contribution in [2.24, 2.45) is 5.92 Å². The molecule has 16 heavy (non-hydrogen) atoms. The number of aliphatic hydroxyl groups is 1. The number of hydrogen-bond acceptors (Lipinski definition) is 3. The Morgan fingerprint density at radius 2 is 2.31 bits per heavy atom. The van der Waals surface area contributed by atoms with Crippen molar-refractivity contribution in [3.8, 4) is 0 Å². The molecular weight excluding hydrogens is 207 g/mol. The van der Waals surface area contributed by atoms with Gasteiger partial charge in [0.2, 0.25) is 0 Å². The van der Waals surface area contributed by atoms with Crippen molar-refractivity contribution in [3.05, 3.63) is 24.0 Å². The van der Waals surface area contributed by atoms with Crippen LogP contribution in [0.25, 0.3) is 0 Å². The van der Waals surface area contributed by atoms with Gasteiger partial charge in [0, 0.05) is 19.0 Å². The predicted molar refractivity (Wildman–Crippen MR) is 62.8 cm³/mol. The third kappa shape index (κ3) is 2.11. The molecule has 0 amide bonds. The number of benzene rings is 1. The Bertz CT molecular complexity index is 381. The van der Waals surface area contributed by atoms with Crippen molar-refractivity contribution in [1.82, 2.24) is 0 Å². The van der Waals surface area contributed by atoms with Crippen molar-refractivity contribution in [2.45, 2.75) is 19.4 Å². The van der Waals surface area contributed by atoms with Crippen LogP contribution >= 0.6 is 0 Å². The van der Waals surface area contributed by atoms with Crippen LogP contribution in [0.1, 0.15) is 13.3 Å². The van der Waals surface area contributed by atoms with E-state index in [1.807, 2.05) is 6.92 Å². The summed E-state index contributed by atoms with van der Waals surface area (Å²) in [4.78, 5) is 2.10. The van der Waals surface area contributed by atoms with Gasteiger partial charge in [0.25, 0.3) is 0 Å². The molecule has 0 bridgehead atoms. The van der Waals surface area contributed by atoms with Crippen LogP contribution in [0.5, 0.6) is 0 Å². The summed E-state index contributed by atoms with van der Waals surface area (Å²) >= 11 is 0. The van der Waals surface area contributed by atoms with Gasteiger partial charge in [-0.1, -0.05) is 0 Å². The fraction of sp³-hybridized carbons (Fsp3) is 0.500. The van der Waals surface area contributed by atoms with E-state index in [9.17, 15) is 9.50 Å². The van der Waals surface area contributed by atoms with Gasteiger partial charge in [-0.3, -0.25) is 0 Å². The molecule has 1 fully saturated rings. The summed E-state index contributed by atoms with van der Waals surface area (Å²) in [6.45, 7) is 3.46. The third-order valence-corrected chi connectivity index (χ3v) is 3.24. The summed E-state index contributed by atoms with van der Waals surface area (Å²) in [6.07, 6.45) is 0.653. The fourth-order valence-electron chi connectivity index (χ4n) is 2.21. The van der Waals surface area contributed by atoms with Crippen LogP contribution < -0.4 is 10.6 Å². The van der Waals surface area contributed by atoms with Crippen LogP contribution in [-0.4, -0.2) is 24.3 Å². The molecule has 0 spiro atoms. The average molecular weight is 224 g/mol. The first-order valence-corrected chi connectivity index (χ1v) is 5.56. The lowest BCUT2D eigenvalue weighted by Crippen LogP contribution is -2.24. The molecule has 0 radical (unpaired) electrons. The van der Waals surface area contributed by atoms with Gasteiger partial charge in [-0.2, -0.15) is 0 Å². The fourth-order valence-corrected chi connectivity index (χ4v) is 2.21. The van der Waals surface area contributed by atoms with Gasteiger partial charge < -0.3 is 15.7 Å². The summed E-state index contributed by atoms with van der Waals surface area (Å²) in [5, 5.41) is 9.51. The van der Waals surface area contributed by atoms with E-state index in [0.717, 1.165) is 25.2 Å². The first-order valence-electron chi connectivity index (χ1n) is 5.56. The summed E-state index contributed by atoms with van der Waals surface area (Å²) in [7, 11) is 0. The van der Waals surface area contributed by atoms with Gasteiger partial charge in [0.1, 0.15) is 5.82 Å². The molecule has 1 aliphatic heterocycles. The maximum atomic E-state index is 12.9. The maximum absolute atomic E-state index is 12.9. The average Bonchev–Trinajstić information content (AvgIpc) is 2.66. The standard InChI is InChI=1S/C12H17FN2O/c1-8(16)9-4-5-15(7-9)12-3-2-10(13)6-11(12)14/h2-3,6,8-9,16H,4-5,7,14H2,1H3. The third-order valence-electron chi connectivity index (χ3n) is 3.24. The minimum Gasteiger partial charge on any atom is -0.397 e.